The molecular weight excluding hydrogens is 581 g/mol. The SMILES string of the molecule is COC(=O)c1c(NC(=O)C(=O)N/N=C/c2cc(Br)c(OCc3ccc(F)cc3)c(OC)c2)sc2c1CCC2. The average Bonchev–Trinajstić information content (AvgIpc) is 3.49. The highest BCUT2D eigenvalue weighted by Gasteiger charge is 2.29. The topological polar surface area (TPSA) is 115 Å². The zero-order chi connectivity index (χ0) is 27.2. The standard InChI is InChI=1S/C26H23BrFN3O6S/c1-35-19-11-15(10-18(27)22(19)37-13-14-6-8-16(28)9-7-14)12-29-31-24(33)23(32)30-25-21(26(34)36-2)17-4-3-5-20(17)38-25/h6-12H,3-5,13H2,1-2H3,(H,30,32)(H,31,33)/b29-12+. The summed E-state index contributed by atoms with van der Waals surface area (Å²) in [6.45, 7) is 0.193. The number of methoxy groups -OCH3 is 2. The number of esters is 1. The number of carbonyl (C=O) groups excluding carboxylic acids is 3. The quantitative estimate of drug-likeness (QED) is 0.168. The summed E-state index contributed by atoms with van der Waals surface area (Å²) in [5.41, 5.74) is 4.66. The highest BCUT2D eigenvalue weighted by molar-refractivity contribution is 9.10. The molecule has 2 aromatic carbocycles. The smallest absolute Gasteiger partial charge is 0.341 e. The number of hydrazone groups is 1. The maximum Gasteiger partial charge on any atom is 0.341 e. The number of nitrogens with one attached hydrogen (secondary N) is 2. The van der Waals surface area contributed by atoms with Gasteiger partial charge in [0.1, 0.15) is 17.4 Å². The Morgan fingerprint density at radius 3 is 2.61 bits per heavy atom. The Bertz CT molecular complexity index is 1410. The summed E-state index contributed by atoms with van der Waals surface area (Å²) in [6, 6.07) is 9.27. The van der Waals surface area contributed by atoms with Gasteiger partial charge in [0.15, 0.2) is 11.5 Å². The van der Waals surface area contributed by atoms with E-state index in [0.717, 1.165) is 35.3 Å². The second-order valence-corrected chi connectivity index (χ2v) is 10.1. The number of anilines is 1. The van der Waals surface area contributed by atoms with Gasteiger partial charge in [-0.2, -0.15) is 5.10 Å². The maximum absolute atomic E-state index is 13.1. The molecule has 9 nitrogen and oxygen atoms in total. The first-order chi connectivity index (χ1) is 18.3. The van der Waals surface area contributed by atoms with E-state index in [2.05, 4.69) is 31.8 Å². The number of hydrogen-bond acceptors (Lipinski definition) is 8. The summed E-state index contributed by atoms with van der Waals surface area (Å²) in [5.74, 6) is -2.02. The van der Waals surface area contributed by atoms with Crippen molar-refractivity contribution < 1.29 is 33.0 Å². The van der Waals surface area contributed by atoms with Gasteiger partial charge in [0.05, 0.1) is 30.5 Å². The third kappa shape index (κ3) is 6.20. The lowest BCUT2D eigenvalue weighted by Crippen LogP contribution is -2.32. The summed E-state index contributed by atoms with van der Waals surface area (Å²) in [6.07, 6.45) is 3.79. The molecule has 0 saturated carbocycles. The van der Waals surface area contributed by atoms with Crippen LogP contribution in [0.15, 0.2) is 46.0 Å². The fourth-order valence-electron chi connectivity index (χ4n) is 3.88. The Hall–Kier alpha value is -3.77. The summed E-state index contributed by atoms with van der Waals surface area (Å²) in [7, 11) is 2.74. The van der Waals surface area contributed by atoms with Crippen molar-refractivity contribution in [2.24, 2.45) is 5.10 Å². The van der Waals surface area contributed by atoms with Crippen LogP contribution < -0.4 is 20.2 Å². The van der Waals surface area contributed by atoms with Crippen LogP contribution in [-0.2, 0) is 33.8 Å². The van der Waals surface area contributed by atoms with Gasteiger partial charge >= 0.3 is 17.8 Å². The van der Waals surface area contributed by atoms with E-state index in [4.69, 9.17) is 14.2 Å². The Labute approximate surface area is 230 Å². The van der Waals surface area contributed by atoms with Crippen LogP contribution >= 0.6 is 27.3 Å². The van der Waals surface area contributed by atoms with Crippen molar-refractivity contribution >= 4 is 56.3 Å². The third-order valence-corrected chi connectivity index (χ3v) is 7.47. The summed E-state index contributed by atoms with van der Waals surface area (Å²) in [5, 5.41) is 6.63. The number of nitrogens with zero attached hydrogens (tertiary/aromatic N) is 1. The molecule has 198 valence electrons. The molecule has 2 N–H and O–H groups in total. The van der Waals surface area contributed by atoms with E-state index in [-0.39, 0.29) is 17.4 Å². The Morgan fingerprint density at radius 1 is 1.13 bits per heavy atom. The molecule has 12 heteroatoms. The molecule has 0 fully saturated rings. The lowest BCUT2D eigenvalue weighted by molar-refractivity contribution is -0.136. The molecule has 1 aromatic heterocycles. The van der Waals surface area contributed by atoms with Crippen molar-refractivity contribution in [2.45, 2.75) is 25.9 Å². The van der Waals surface area contributed by atoms with Crippen molar-refractivity contribution in [1.82, 2.24) is 5.43 Å². The minimum atomic E-state index is -1.00. The molecule has 0 atom stereocenters. The zero-order valence-corrected chi connectivity index (χ0v) is 22.8. The molecule has 38 heavy (non-hydrogen) atoms. The van der Waals surface area contributed by atoms with Gasteiger partial charge in [-0.15, -0.1) is 11.3 Å². The Balaban J connectivity index is 1.39. The molecule has 0 aliphatic heterocycles. The molecule has 2 amide bonds. The molecular formula is C26H23BrFN3O6S. The van der Waals surface area contributed by atoms with Gasteiger partial charge in [-0.1, -0.05) is 12.1 Å². The van der Waals surface area contributed by atoms with Crippen molar-refractivity contribution in [3.8, 4) is 11.5 Å². The number of rotatable bonds is 8. The molecule has 1 aliphatic rings. The van der Waals surface area contributed by atoms with E-state index in [1.807, 2.05) is 0 Å². The van der Waals surface area contributed by atoms with Crippen LogP contribution in [0.5, 0.6) is 11.5 Å². The summed E-state index contributed by atoms with van der Waals surface area (Å²) >= 11 is 4.70. The van der Waals surface area contributed by atoms with E-state index in [1.54, 1.807) is 24.3 Å². The lowest BCUT2D eigenvalue weighted by Gasteiger charge is -2.13. The predicted octanol–water partition coefficient (Wildman–Crippen LogP) is 4.60. The van der Waals surface area contributed by atoms with Gasteiger partial charge in [0.25, 0.3) is 0 Å². The number of amides is 2. The van der Waals surface area contributed by atoms with Crippen molar-refractivity contribution in [3.05, 3.63) is 73.8 Å². The van der Waals surface area contributed by atoms with Crippen LogP contribution in [0.25, 0.3) is 0 Å². The number of carbonyl (C=O) groups is 3. The average molecular weight is 604 g/mol. The van der Waals surface area contributed by atoms with Crippen LogP contribution in [0.1, 0.15) is 38.3 Å². The van der Waals surface area contributed by atoms with Gasteiger partial charge < -0.3 is 19.5 Å². The zero-order valence-electron chi connectivity index (χ0n) is 20.4. The van der Waals surface area contributed by atoms with Gasteiger partial charge in [-0.25, -0.2) is 14.6 Å². The van der Waals surface area contributed by atoms with E-state index in [0.29, 0.717) is 27.1 Å². The van der Waals surface area contributed by atoms with Crippen LogP contribution in [-0.4, -0.2) is 38.2 Å². The first-order valence-electron chi connectivity index (χ1n) is 11.4. The molecule has 1 aliphatic carbocycles. The molecule has 0 unspecified atom stereocenters. The third-order valence-electron chi connectivity index (χ3n) is 5.67. The van der Waals surface area contributed by atoms with Crippen molar-refractivity contribution in [3.63, 3.8) is 0 Å². The van der Waals surface area contributed by atoms with Gasteiger partial charge in [-0.3, -0.25) is 9.59 Å². The highest BCUT2D eigenvalue weighted by atomic mass is 79.9. The maximum atomic E-state index is 13.1. The van der Waals surface area contributed by atoms with E-state index >= 15 is 0 Å². The van der Waals surface area contributed by atoms with E-state index < -0.39 is 17.8 Å². The minimum Gasteiger partial charge on any atom is -0.493 e. The van der Waals surface area contributed by atoms with Gasteiger partial charge in [-0.05, 0) is 76.1 Å². The van der Waals surface area contributed by atoms with Crippen LogP contribution in [0.3, 0.4) is 0 Å². The first-order valence-corrected chi connectivity index (χ1v) is 13.0. The number of thiophene rings is 1. The second kappa shape index (κ2) is 12.2. The minimum absolute atomic E-state index is 0.193. The van der Waals surface area contributed by atoms with Crippen LogP contribution in [0.4, 0.5) is 9.39 Å². The first kappa shape index (κ1) is 27.3. The fraction of sp³-hybridized carbons (Fsp3) is 0.231. The molecule has 1 heterocycles. The summed E-state index contributed by atoms with van der Waals surface area (Å²) < 4.78 is 29.8. The molecule has 4 rings (SSSR count). The number of benzene rings is 2. The molecule has 3 aromatic rings. The van der Waals surface area contributed by atoms with Crippen LogP contribution in [0, 0.1) is 5.82 Å². The molecule has 0 saturated heterocycles. The van der Waals surface area contributed by atoms with Gasteiger partial charge in [0, 0.05) is 4.88 Å². The number of fused-ring (bicyclic) bond motifs is 1. The lowest BCUT2D eigenvalue weighted by atomic mass is 10.1. The molecule has 0 spiro atoms. The number of aryl methyl sites for hydroxylation is 1. The van der Waals surface area contributed by atoms with Crippen LogP contribution in [0.2, 0.25) is 0 Å². The fourth-order valence-corrected chi connectivity index (χ4v) is 5.72. The van der Waals surface area contributed by atoms with Gasteiger partial charge in [0.2, 0.25) is 0 Å². The number of hydrogen-bond donors (Lipinski definition) is 2. The predicted molar refractivity (Wildman–Crippen MR) is 143 cm³/mol. The monoisotopic (exact) mass is 603 g/mol. The second-order valence-electron chi connectivity index (χ2n) is 8.16. The van der Waals surface area contributed by atoms with E-state index in [1.165, 1.54) is 43.9 Å². The largest absolute Gasteiger partial charge is 0.493 e. The normalized spacial score (nSPS) is 12.2. The van der Waals surface area contributed by atoms with Crippen molar-refractivity contribution in [2.75, 3.05) is 19.5 Å². The van der Waals surface area contributed by atoms with E-state index in [9.17, 15) is 18.8 Å². The Morgan fingerprint density at radius 2 is 1.89 bits per heavy atom. The molecule has 0 bridgehead atoms. The van der Waals surface area contributed by atoms with Crippen molar-refractivity contribution in [1.29, 1.82) is 0 Å². The number of ether oxygens (including phenoxy) is 3. The highest BCUT2D eigenvalue weighted by Crippen LogP contribution is 2.39. The number of halogens is 2. The Kier molecular flexibility index (Phi) is 8.74. The summed E-state index contributed by atoms with van der Waals surface area (Å²) in [4.78, 5) is 38.0. The molecule has 0 radical (unpaired) electrons.